The number of pyridine rings is 1. The number of carboxylic acid groups (broad SMARTS) is 1. The van der Waals surface area contributed by atoms with Crippen LogP contribution >= 0.6 is 0 Å². The lowest BCUT2D eigenvalue weighted by Gasteiger charge is -2.32. The average Bonchev–Trinajstić information content (AvgIpc) is 2.56. The molecule has 0 spiro atoms. The summed E-state index contributed by atoms with van der Waals surface area (Å²) in [6.07, 6.45) is 3.36. The number of hydrogen-bond donors (Lipinski definition) is 1. The zero-order chi connectivity index (χ0) is 15.8. The lowest BCUT2D eigenvalue weighted by atomic mass is 9.88. The van der Waals surface area contributed by atoms with E-state index in [1.54, 1.807) is 18.2 Å². The number of rotatable bonds is 3. The normalized spacial score (nSPS) is 20.1. The van der Waals surface area contributed by atoms with Crippen LogP contribution in [0.1, 0.15) is 49.3 Å². The fourth-order valence-corrected chi connectivity index (χ4v) is 1.99. The summed E-state index contributed by atoms with van der Waals surface area (Å²) in [5.41, 5.74) is 0.933. The minimum atomic E-state index is -1.04. The molecule has 1 aliphatic rings. The third kappa shape index (κ3) is 3.17. The van der Waals surface area contributed by atoms with Gasteiger partial charge in [0.05, 0.1) is 11.2 Å². The molecule has 1 aromatic heterocycles. The second-order valence-corrected chi connectivity index (χ2v) is 6.22. The maximum atomic E-state index is 11.0. The van der Waals surface area contributed by atoms with Crippen molar-refractivity contribution in [1.29, 1.82) is 0 Å². The first kappa shape index (κ1) is 15.7. The largest absolute Gasteiger partial charge is 0.487 e. The Bertz CT molecular complexity index is 579. The minimum absolute atomic E-state index is 0.0224. The molecule has 0 atom stereocenters. The van der Waals surface area contributed by atoms with Crippen LogP contribution in [0.3, 0.4) is 0 Å². The minimum Gasteiger partial charge on any atom is -0.477 e. The van der Waals surface area contributed by atoms with Gasteiger partial charge in [0, 0.05) is 6.20 Å². The zero-order valence-electron chi connectivity index (χ0n) is 13.0. The summed E-state index contributed by atoms with van der Waals surface area (Å²) in [6, 6.07) is 1.54. The highest BCUT2D eigenvalue weighted by atomic mass is 16.7. The molecule has 1 N–H and O–H groups in total. The number of aromatic carboxylic acids is 1. The molecule has 21 heavy (non-hydrogen) atoms. The summed E-state index contributed by atoms with van der Waals surface area (Å²) in [7, 11) is -0.448. The monoisotopic (exact) mass is 289 g/mol. The first-order valence-corrected chi connectivity index (χ1v) is 6.86. The molecular weight excluding hydrogens is 269 g/mol. The molecule has 2 rings (SSSR count). The van der Waals surface area contributed by atoms with Gasteiger partial charge in [0.2, 0.25) is 0 Å². The van der Waals surface area contributed by atoms with E-state index >= 15 is 0 Å². The van der Waals surface area contributed by atoms with Gasteiger partial charge in [-0.1, -0.05) is 12.1 Å². The Kier molecular flexibility index (Phi) is 3.95. The fraction of sp³-hybridized carbons (Fsp3) is 0.467. The number of nitrogens with zero attached hydrogens (tertiary/aromatic N) is 1. The van der Waals surface area contributed by atoms with Crippen LogP contribution in [0.2, 0.25) is 0 Å². The number of hydrogen-bond acceptors (Lipinski definition) is 4. The Hall–Kier alpha value is -1.66. The Morgan fingerprint density at radius 1 is 1.29 bits per heavy atom. The van der Waals surface area contributed by atoms with Gasteiger partial charge in [0.25, 0.3) is 0 Å². The van der Waals surface area contributed by atoms with Gasteiger partial charge in [0.15, 0.2) is 0 Å². The van der Waals surface area contributed by atoms with Gasteiger partial charge in [-0.15, -0.1) is 0 Å². The van der Waals surface area contributed by atoms with Gasteiger partial charge >= 0.3 is 13.1 Å². The van der Waals surface area contributed by atoms with Crippen LogP contribution in [-0.2, 0) is 9.31 Å². The van der Waals surface area contributed by atoms with Crippen molar-refractivity contribution in [3.05, 3.63) is 35.1 Å². The molecule has 2 heterocycles. The van der Waals surface area contributed by atoms with Crippen LogP contribution in [0.15, 0.2) is 18.2 Å². The lowest BCUT2D eigenvalue weighted by Crippen LogP contribution is -2.41. The first-order valence-electron chi connectivity index (χ1n) is 6.86. The van der Waals surface area contributed by atoms with E-state index in [1.165, 1.54) is 0 Å². The summed E-state index contributed by atoms with van der Waals surface area (Å²) in [6.45, 7) is 9.83. The SMILES string of the molecule is Cc1cnc(C(=O)O)cc1/C=C/B1OC(C)(C)C(C)(C)O1. The highest BCUT2D eigenvalue weighted by molar-refractivity contribution is 6.52. The predicted molar refractivity (Wildman–Crippen MR) is 81.0 cm³/mol. The van der Waals surface area contributed by atoms with E-state index < -0.39 is 13.1 Å². The number of aryl methyl sites for hydroxylation is 1. The molecular formula is C15H20BNO4. The van der Waals surface area contributed by atoms with Gasteiger partial charge in [-0.3, -0.25) is 0 Å². The van der Waals surface area contributed by atoms with E-state index in [0.717, 1.165) is 11.1 Å². The predicted octanol–water partition coefficient (Wildman–Crippen LogP) is 2.73. The number of carboxylic acids is 1. The molecule has 0 saturated carbocycles. The van der Waals surface area contributed by atoms with Crippen LogP contribution in [0.5, 0.6) is 0 Å². The van der Waals surface area contributed by atoms with Crippen LogP contribution in [-0.4, -0.2) is 34.4 Å². The molecule has 1 aliphatic heterocycles. The summed E-state index contributed by atoms with van der Waals surface area (Å²) in [5.74, 6) is 0.755. The van der Waals surface area contributed by atoms with Crippen molar-refractivity contribution in [1.82, 2.24) is 4.98 Å². The number of aromatic nitrogens is 1. The van der Waals surface area contributed by atoms with Crippen LogP contribution in [0.25, 0.3) is 6.08 Å². The molecule has 1 saturated heterocycles. The molecule has 1 fully saturated rings. The Morgan fingerprint density at radius 2 is 1.86 bits per heavy atom. The van der Waals surface area contributed by atoms with E-state index in [4.69, 9.17) is 14.4 Å². The second-order valence-electron chi connectivity index (χ2n) is 6.22. The van der Waals surface area contributed by atoms with E-state index in [0.29, 0.717) is 0 Å². The highest BCUT2D eigenvalue weighted by Gasteiger charge is 2.49. The van der Waals surface area contributed by atoms with Crippen LogP contribution < -0.4 is 0 Å². The molecule has 112 valence electrons. The second kappa shape index (κ2) is 5.28. The first-order chi connectivity index (χ1) is 9.62. The molecule has 5 nitrogen and oxygen atoms in total. The van der Waals surface area contributed by atoms with Gasteiger partial charge in [-0.05, 0) is 51.8 Å². The molecule has 0 aromatic carbocycles. The van der Waals surface area contributed by atoms with E-state index in [1.807, 2.05) is 40.7 Å². The van der Waals surface area contributed by atoms with Gasteiger partial charge in [-0.25, -0.2) is 9.78 Å². The van der Waals surface area contributed by atoms with Crippen molar-refractivity contribution in [2.45, 2.75) is 45.8 Å². The topological polar surface area (TPSA) is 68.7 Å². The molecule has 0 unspecified atom stereocenters. The Labute approximate surface area is 125 Å². The highest BCUT2D eigenvalue weighted by Crippen LogP contribution is 2.37. The summed E-state index contributed by atoms with van der Waals surface area (Å²) < 4.78 is 11.7. The van der Waals surface area contributed by atoms with Crippen LogP contribution in [0, 0.1) is 6.92 Å². The lowest BCUT2D eigenvalue weighted by molar-refractivity contribution is 0.00578. The van der Waals surface area contributed by atoms with E-state index in [-0.39, 0.29) is 16.9 Å². The van der Waals surface area contributed by atoms with Crippen molar-refractivity contribution >= 4 is 19.2 Å². The van der Waals surface area contributed by atoms with Crippen molar-refractivity contribution < 1.29 is 19.2 Å². The quantitative estimate of drug-likeness (QED) is 0.866. The van der Waals surface area contributed by atoms with Gasteiger partial charge in [-0.2, -0.15) is 0 Å². The Morgan fingerprint density at radius 3 is 2.38 bits per heavy atom. The van der Waals surface area contributed by atoms with Crippen molar-refractivity contribution in [3.63, 3.8) is 0 Å². The number of carbonyl (C=O) groups is 1. The van der Waals surface area contributed by atoms with Crippen molar-refractivity contribution in [3.8, 4) is 0 Å². The average molecular weight is 289 g/mol. The third-order valence-electron chi connectivity index (χ3n) is 4.07. The van der Waals surface area contributed by atoms with Crippen molar-refractivity contribution in [2.24, 2.45) is 0 Å². The molecule has 0 aliphatic carbocycles. The van der Waals surface area contributed by atoms with Crippen molar-refractivity contribution in [2.75, 3.05) is 0 Å². The maximum Gasteiger partial charge on any atom is 0.487 e. The fourth-order valence-electron chi connectivity index (χ4n) is 1.99. The molecule has 0 bridgehead atoms. The van der Waals surface area contributed by atoms with Crippen LogP contribution in [0.4, 0.5) is 0 Å². The summed E-state index contributed by atoms with van der Waals surface area (Å²) >= 11 is 0. The summed E-state index contributed by atoms with van der Waals surface area (Å²) in [5, 5.41) is 8.98. The van der Waals surface area contributed by atoms with Gasteiger partial charge < -0.3 is 14.4 Å². The summed E-state index contributed by atoms with van der Waals surface area (Å²) in [4.78, 5) is 14.8. The van der Waals surface area contributed by atoms with E-state index in [2.05, 4.69) is 4.98 Å². The standard InChI is InChI=1S/C15H20BNO4/c1-10-9-17-12(13(18)19)8-11(10)6-7-16-20-14(2,3)15(4,5)21-16/h6-9H,1-5H3,(H,18,19)/b7-6+. The van der Waals surface area contributed by atoms with Gasteiger partial charge in [0.1, 0.15) is 5.69 Å². The molecule has 6 heteroatoms. The Balaban J connectivity index is 2.20. The molecule has 0 radical (unpaired) electrons. The third-order valence-corrected chi connectivity index (χ3v) is 4.07. The smallest absolute Gasteiger partial charge is 0.477 e. The molecule has 1 aromatic rings. The van der Waals surface area contributed by atoms with E-state index in [9.17, 15) is 4.79 Å². The maximum absolute atomic E-state index is 11.0. The zero-order valence-corrected chi connectivity index (χ0v) is 13.0. The molecule has 0 amide bonds.